The van der Waals surface area contributed by atoms with Crippen LogP contribution >= 0.6 is 0 Å². The van der Waals surface area contributed by atoms with Crippen molar-refractivity contribution in [2.75, 3.05) is 44.2 Å². The van der Waals surface area contributed by atoms with Crippen molar-refractivity contribution in [2.45, 2.75) is 11.3 Å². The molecule has 7 nitrogen and oxygen atoms in total. The molecule has 184 valence electrons. The molecule has 4 rings (SSSR count). The highest BCUT2D eigenvalue weighted by Gasteiger charge is 2.22. The summed E-state index contributed by atoms with van der Waals surface area (Å²) in [7, 11) is -3.63. The molecule has 0 saturated carbocycles. The van der Waals surface area contributed by atoms with Crippen molar-refractivity contribution in [1.29, 1.82) is 0 Å². The number of nitrogens with zero attached hydrogens (tertiary/aromatic N) is 2. The monoisotopic (exact) mass is 497 g/mol. The Bertz CT molecular complexity index is 1210. The summed E-state index contributed by atoms with van der Waals surface area (Å²) in [6, 6.07) is 22.0. The normalized spacial score (nSPS) is 14.1. The summed E-state index contributed by atoms with van der Waals surface area (Å²) in [4.78, 5) is 16.5. The molecular weight excluding hydrogens is 469 g/mol. The van der Waals surface area contributed by atoms with Crippen LogP contribution in [0.4, 0.5) is 10.1 Å². The third kappa shape index (κ3) is 6.80. The Hall–Kier alpha value is -3.43. The molecule has 1 amide bonds. The molecule has 3 aromatic carbocycles. The molecule has 0 bridgehead atoms. The average Bonchev–Trinajstić information content (AvgIpc) is 2.89. The summed E-state index contributed by atoms with van der Waals surface area (Å²) in [5.74, 6) is 0.0132. The Morgan fingerprint density at radius 3 is 2.20 bits per heavy atom. The van der Waals surface area contributed by atoms with Crippen LogP contribution in [0.1, 0.15) is 5.56 Å². The van der Waals surface area contributed by atoms with Crippen LogP contribution in [0.5, 0.6) is 5.75 Å². The lowest BCUT2D eigenvalue weighted by atomic mass is 10.2. The maximum atomic E-state index is 13.1. The van der Waals surface area contributed by atoms with Gasteiger partial charge in [-0.1, -0.05) is 30.3 Å². The van der Waals surface area contributed by atoms with Crippen molar-refractivity contribution in [3.63, 3.8) is 0 Å². The van der Waals surface area contributed by atoms with Crippen molar-refractivity contribution in [3.05, 3.63) is 90.2 Å². The fourth-order valence-corrected chi connectivity index (χ4v) is 4.91. The summed E-state index contributed by atoms with van der Waals surface area (Å²) in [5.41, 5.74) is 1.99. The molecule has 0 aromatic heterocycles. The number of carbonyl (C=O) groups excluding carboxylic acids is 1. The number of rotatable bonds is 9. The molecule has 0 aliphatic carbocycles. The third-order valence-electron chi connectivity index (χ3n) is 5.87. The van der Waals surface area contributed by atoms with Gasteiger partial charge in [0, 0.05) is 38.4 Å². The number of nitrogens with one attached hydrogen (secondary N) is 1. The minimum absolute atomic E-state index is 0.127. The smallest absolute Gasteiger partial charge is 0.260 e. The first-order valence-electron chi connectivity index (χ1n) is 11.5. The van der Waals surface area contributed by atoms with E-state index in [2.05, 4.69) is 9.62 Å². The van der Waals surface area contributed by atoms with Crippen LogP contribution in [-0.4, -0.2) is 58.6 Å². The molecule has 35 heavy (non-hydrogen) atoms. The number of ether oxygens (including phenoxy) is 1. The van der Waals surface area contributed by atoms with Crippen LogP contribution in [0.25, 0.3) is 0 Å². The van der Waals surface area contributed by atoms with Gasteiger partial charge in [-0.05, 0) is 60.5 Å². The molecule has 1 N–H and O–H groups in total. The third-order valence-corrected chi connectivity index (χ3v) is 7.35. The highest BCUT2D eigenvalue weighted by atomic mass is 32.2. The molecule has 1 heterocycles. The minimum atomic E-state index is -3.63. The van der Waals surface area contributed by atoms with E-state index < -0.39 is 10.0 Å². The maximum Gasteiger partial charge on any atom is 0.260 e. The molecule has 0 unspecified atom stereocenters. The Morgan fingerprint density at radius 2 is 1.54 bits per heavy atom. The van der Waals surface area contributed by atoms with Gasteiger partial charge in [0.2, 0.25) is 10.0 Å². The zero-order chi connectivity index (χ0) is 24.7. The lowest BCUT2D eigenvalue weighted by Crippen LogP contribution is -2.50. The van der Waals surface area contributed by atoms with E-state index in [9.17, 15) is 17.6 Å². The van der Waals surface area contributed by atoms with E-state index in [4.69, 9.17) is 4.74 Å². The van der Waals surface area contributed by atoms with Gasteiger partial charge in [-0.3, -0.25) is 4.79 Å². The lowest BCUT2D eigenvalue weighted by molar-refractivity contribution is -0.133. The first-order valence-corrected chi connectivity index (χ1v) is 12.9. The van der Waals surface area contributed by atoms with Crippen molar-refractivity contribution >= 4 is 21.6 Å². The summed E-state index contributed by atoms with van der Waals surface area (Å²) >= 11 is 0. The molecule has 0 radical (unpaired) electrons. The van der Waals surface area contributed by atoms with E-state index in [1.165, 1.54) is 24.3 Å². The van der Waals surface area contributed by atoms with Crippen LogP contribution in [0.3, 0.4) is 0 Å². The van der Waals surface area contributed by atoms with Crippen molar-refractivity contribution in [1.82, 2.24) is 9.62 Å². The number of amides is 1. The fourth-order valence-electron chi connectivity index (χ4n) is 3.88. The number of halogens is 1. The van der Waals surface area contributed by atoms with Crippen LogP contribution in [0, 0.1) is 5.82 Å². The molecule has 3 aromatic rings. The molecule has 1 aliphatic heterocycles. The van der Waals surface area contributed by atoms with E-state index in [0.29, 0.717) is 44.9 Å². The van der Waals surface area contributed by atoms with E-state index >= 15 is 0 Å². The maximum absolute atomic E-state index is 13.1. The standard InChI is InChI=1S/C26H28FN3O4S/c27-22-6-8-23(9-7-22)29-16-18-30(19-17-29)26(31)20-34-24-10-12-25(13-11-24)35(32,33)28-15-14-21-4-2-1-3-5-21/h1-13,28H,14-20H2. The van der Waals surface area contributed by atoms with E-state index in [1.807, 2.05) is 30.3 Å². The largest absolute Gasteiger partial charge is 0.484 e. The zero-order valence-electron chi connectivity index (χ0n) is 19.3. The molecule has 1 fully saturated rings. The number of piperazine rings is 1. The van der Waals surface area contributed by atoms with Gasteiger partial charge in [-0.2, -0.15) is 0 Å². The number of hydrogen-bond donors (Lipinski definition) is 1. The van der Waals surface area contributed by atoms with Gasteiger partial charge in [-0.25, -0.2) is 17.5 Å². The molecule has 1 saturated heterocycles. The van der Waals surface area contributed by atoms with Gasteiger partial charge < -0.3 is 14.5 Å². The predicted octanol–water partition coefficient (Wildman–Crippen LogP) is 3.07. The molecule has 1 aliphatic rings. The number of anilines is 1. The van der Waals surface area contributed by atoms with E-state index in [1.54, 1.807) is 29.2 Å². The number of sulfonamides is 1. The second-order valence-corrected chi connectivity index (χ2v) is 10.0. The Balaban J connectivity index is 1.22. The lowest BCUT2D eigenvalue weighted by Gasteiger charge is -2.36. The Morgan fingerprint density at radius 1 is 0.886 bits per heavy atom. The number of carbonyl (C=O) groups is 1. The van der Waals surface area contributed by atoms with Gasteiger partial charge >= 0.3 is 0 Å². The van der Waals surface area contributed by atoms with E-state index in [0.717, 1.165) is 11.3 Å². The first kappa shape index (κ1) is 24.7. The van der Waals surface area contributed by atoms with Crippen molar-refractivity contribution in [2.24, 2.45) is 0 Å². The molecule has 0 atom stereocenters. The highest BCUT2D eigenvalue weighted by molar-refractivity contribution is 7.89. The van der Waals surface area contributed by atoms with Gasteiger partial charge in [0.25, 0.3) is 5.91 Å². The van der Waals surface area contributed by atoms with Crippen LogP contribution in [-0.2, 0) is 21.2 Å². The molecular formula is C26H28FN3O4S. The first-order chi connectivity index (χ1) is 16.9. The van der Waals surface area contributed by atoms with Crippen molar-refractivity contribution in [3.8, 4) is 5.75 Å². The summed E-state index contributed by atoms with van der Waals surface area (Å²) < 4.78 is 46.3. The van der Waals surface area contributed by atoms with Crippen LogP contribution in [0.15, 0.2) is 83.8 Å². The quantitative estimate of drug-likeness (QED) is 0.492. The number of hydrogen-bond acceptors (Lipinski definition) is 5. The number of benzene rings is 3. The Labute approximate surface area is 205 Å². The van der Waals surface area contributed by atoms with E-state index in [-0.39, 0.29) is 23.2 Å². The average molecular weight is 498 g/mol. The fraction of sp³-hybridized carbons (Fsp3) is 0.269. The van der Waals surface area contributed by atoms with Crippen LogP contribution in [0.2, 0.25) is 0 Å². The summed E-state index contributed by atoms with van der Waals surface area (Å²) in [6.45, 7) is 2.57. The topological polar surface area (TPSA) is 78.9 Å². The zero-order valence-corrected chi connectivity index (χ0v) is 20.1. The highest BCUT2D eigenvalue weighted by Crippen LogP contribution is 2.18. The summed E-state index contributed by atoms with van der Waals surface area (Å²) in [5, 5.41) is 0. The SMILES string of the molecule is O=C(COc1ccc(S(=O)(=O)NCCc2ccccc2)cc1)N1CCN(c2ccc(F)cc2)CC1. The predicted molar refractivity (Wildman–Crippen MR) is 132 cm³/mol. The second kappa shape index (κ2) is 11.3. The van der Waals surface area contributed by atoms with Crippen LogP contribution < -0.4 is 14.4 Å². The van der Waals surface area contributed by atoms with Gasteiger partial charge in [0.1, 0.15) is 11.6 Å². The summed E-state index contributed by atoms with van der Waals surface area (Å²) in [6.07, 6.45) is 0.599. The Kier molecular flexibility index (Phi) is 7.99. The van der Waals surface area contributed by atoms with Gasteiger partial charge in [-0.15, -0.1) is 0 Å². The minimum Gasteiger partial charge on any atom is -0.484 e. The molecule has 9 heteroatoms. The van der Waals surface area contributed by atoms with Gasteiger partial charge in [0.15, 0.2) is 6.61 Å². The second-order valence-electron chi connectivity index (χ2n) is 8.24. The van der Waals surface area contributed by atoms with Gasteiger partial charge in [0.05, 0.1) is 4.90 Å². The van der Waals surface area contributed by atoms with Crippen molar-refractivity contribution < 1.29 is 22.3 Å². The molecule has 0 spiro atoms.